The first kappa shape index (κ1) is 15.8. The summed E-state index contributed by atoms with van der Waals surface area (Å²) in [6.45, 7) is 10.3. The number of nitrogens with zero attached hydrogens (tertiary/aromatic N) is 2. The van der Waals surface area contributed by atoms with Crippen LogP contribution in [-0.4, -0.2) is 61.0 Å². The van der Waals surface area contributed by atoms with Crippen LogP contribution in [-0.2, 0) is 4.79 Å². The molecule has 1 heterocycles. The molecule has 20 heavy (non-hydrogen) atoms. The predicted octanol–water partition coefficient (Wildman–Crippen LogP) is 1.56. The van der Waals surface area contributed by atoms with Crippen molar-refractivity contribution in [2.75, 3.05) is 33.2 Å². The average Bonchev–Trinajstić information content (AvgIpc) is 2.42. The van der Waals surface area contributed by atoms with Crippen LogP contribution in [0.4, 0.5) is 0 Å². The molecule has 0 aromatic heterocycles. The fraction of sp³-hybridized carbons (Fsp3) is 0.938. The Balaban J connectivity index is 1.90. The molecule has 116 valence electrons. The van der Waals surface area contributed by atoms with Gasteiger partial charge in [0.2, 0.25) is 5.91 Å². The molecule has 0 radical (unpaired) electrons. The van der Waals surface area contributed by atoms with Crippen LogP contribution in [0.15, 0.2) is 0 Å². The van der Waals surface area contributed by atoms with E-state index in [2.05, 4.69) is 24.1 Å². The van der Waals surface area contributed by atoms with Crippen molar-refractivity contribution in [3.8, 4) is 0 Å². The molecule has 0 spiro atoms. The lowest BCUT2D eigenvalue weighted by atomic mass is 9.73. The summed E-state index contributed by atoms with van der Waals surface area (Å²) in [7, 11) is 1.88. The number of rotatable bonds is 5. The Bertz CT molecular complexity index is 318. The third-order valence-corrected chi connectivity index (χ3v) is 5.22. The average molecular weight is 281 g/mol. The lowest BCUT2D eigenvalue weighted by molar-refractivity contribution is -0.129. The number of carbonyl (C=O) groups excluding carboxylic acids is 1. The predicted molar refractivity (Wildman–Crippen MR) is 82.6 cm³/mol. The quantitative estimate of drug-likeness (QED) is 0.831. The van der Waals surface area contributed by atoms with Gasteiger partial charge in [0.05, 0.1) is 6.54 Å². The molecule has 1 aliphatic carbocycles. The van der Waals surface area contributed by atoms with Crippen LogP contribution in [0, 0.1) is 11.8 Å². The maximum absolute atomic E-state index is 12.0. The van der Waals surface area contributed by atoms with E-state index in [1.165, 1.54) is 32.4 Å². The molecule has 2 bridgehead atoms. The molecule has 0 aromatic rings. The first-order valence-corrected chi connectivity index (χ1v) is 8.24. The highest BCUT2D eigenvalue weighted by Gasteiger charge is 2.39. The Kier molecular flexibility index (Phi) is 5.44. The number of nitrogens with one attached hydrogen (secondary N) is 1. The molecule has 1 amide bonds. The van der Waals surface area contributed by atoms with E-state index in [1.807, 2.05) is 14.0 Å². The lowest BCUT2D eigenvalue weighted by Gasteiger charge is -2.49. The van der Waals surface area contributed by atoms with Gasteiger partial charge in [-0.05, 0) is 45.4 Å². The van der Waals surface area contributed by atoms with Gasteiger partial charge in [0.25, 0.3) is 0 Å². The maximum atomic E-state index is 12.0. The van der Waals surface area contributed by atoms with Crippen molar-refractivity contribution in [1.29, 1.82) is 0 Å². The van der Waals surface area contributed by atoms with Gasteiger partial charge in [-0.1, -0.05) is 6.42 Å². The van der Waals surface area contributed by atoms with E-state index in [4.69, 9.17) is 0 Å². The van der Waals surface area contributed by atoms with Crippen molar-refractivity contribution >= 4 is 5.91 Å². The van der Waals surface area contributed by atoms with Crippen LogP contribution in [0.3, 0.4) is 0 Å². The van der Waals surface area contributed by atoms with Crippen molar-refractivity contribution < 1.29 is 4.79 Å². The summed E-state index contributed by atoms with van der Waals surface area (Å²) in [6.07, 6.45) is 3.99. The van der Waals surface area contributed by atoms with Crippen molar-refractivity contribution in [1.82, 2.24) is 15.1 Å². The number of fused-ring (bicyclic) bond motifs is 2. The Morgan fingerprint density at radius 3 is 2.40 bits per heavy atom. The minimum atomic E-state index is 0.219. The molecule has 4 nitrogen and oxygen atoms in total. The smallest absolute Gasteiger partial charge is 0.236 e. The van der Waals surface area contributed by atoms with Gasteiger partial charge in [0.1, 0.15) is 0 Å². The highest BCUT2D eigenvalue weighted by Crippen LogP contribution is 2.35. The lowest BCUT2D eigenvalue weighted by Crippen LogP contribution is -2.59. The van der Waals surface area contributed by atoms with E-state index < -0.39 is 0 Å². The molecule has 2 rings (SSSR count). The van der Waals surface area contributed by atoms with Gasteiger partial charge in [-0.2, -0.15) is 0 Å². The Hall–Kier alpha value is -0.610. The third-order valence-electron chi connectivity index (χ3n) is 5.22. The molecule has 1 N–H and O–H groups in total. The Morgan fingerprint density at radius 2 is 1.90 bits per heavy atom. The second-order valence-corrected chi connectivity index (χ2v) is 6.81. The fourth-order valence-corrected chi connectivity index (χ4v) is 3.74. The number of likely N-dealkylation sites (tertiary alicyclic amines) is 1. The van der Waals surface area contributed by atoms with Crippen LogP contribution in [0.5, 0.6) is 0 Å². The first-order valence-electron chi connectivity index (χ1n) is 8.24. The monoisotopic (exact) mass is 281 g/mol. The number of piperidine rings is 1. The highest BCUT2D eigenvalue weighted by molar-refractivity contribution is 5.77. The summed E-state index contributed by atoms with van der Waals surface area (Å²) in [6, 6.07) is 1.19. The third kappa shape index (κ3) is 3.53. The summed E-state index contributed by atoms with van der Waals surface area (Å²) in [5.41, 5.74) is 0. The topological polar surface area (TPSA) is 35.6 Å². The number of amides is 1. The summed E-state index contributed by atoms with van der Waals surface area (Å²) < 4.78 is 0. The van der Waals surface area contributed by atoms with E-state index in [0.717, 1.165) is 18.4 Å². The van der Waals surface area contributed by atoms with E-state index in [9.17, 15) is 4.79 Å². The fourth-order valence-electron chi connectivity index (χ4n) is 3.74. The summed E-state index contributed by atoms with van der Waals surface area (Å²) in [4.78, 5) is 16.4. The van der Waals surface area contributed by atoms with Crippen molar-refractivity contribution in [3.63, 3.8) is 0 Å². The first-order chi connectivity index (χ1) is 9.52. The molecule has 4 heteroatoms. The van der Waals surface area contributed by atoms with E-state index in [0.29, 0.717) is 18.6 Å². The second-order valence-electron chi connectivity index (χ2n) is 6.81. The Morgan fingerprint density at radius 1 is 1.30 bits per heavy atom. The molecule has 2 atom stereocenters. The molecule has 1 saturated heterocycles. The molecule has 1 aliphatic heterocycles. The van der Waals surface area contributed by atoms with E-state index in [-0.39, 0.29) is 5.91 Å². The zero-order chi connectivity index (χ0) is 14.7. The number of hydrogen-bond acceptors (Lipinski definition) is 3. The summed E-state index contributed by atoms with van der Waals surface area (Å²) >= 11 is 0. The van der Waals surface area contributed by atoms with Gasteiger partial charge in [0.15, 0.2) is 0 Å². The highest BCUT2D eigenvalue weighted by atomic mass is 16.2. The minimum absolute atomic E-state index is 0.219. The van der Waals surface area contributed by atoms with Crippen LogP contribution in [0.25, 0.3) is 0 Å². The zero-order valence-electron chi connectivity index (χ0n) is 13.6. The van der Waals surface area contributed by atoms with Crippen molar-refractivity contribution in [3.05, 3.63) is 0 Å². The largest absolute Gasteiger partial charge is 0.345 e. The van der Waals surface area contributed by atoms with Crippen LogP contribution in [0.2, 0.25) is 0 Å². The number of likely N-dealkylation sites (N-methyl/N-ethyl adjacent to an activating group) is 1. The minimum Gasteiger partial charge on any atom is -0.345 e. The normalized spacial score (nSPS) is 30.6. The van der Waals surface area contributed by atoms with Gasteiger partial charge in [-0.3, -0.25) is 4.79 Å². The van der Waals surface area contributed by atoms with Crippen LogP contribution in [0.1, 0.15) is 40.0 Å². The number of hydrogen-bond donors (Lipinski definition) is 1. The summed E-state index contributed by atoms with van der Waals surface area (Å²) in [5, 5.41) is 3.58. The molecule has 0 aromatic carbocycles. The number of carbonyl (C=O) groups is 1. The van der Waals surface area contributed by atoms with Crippen LogP contribution < -0.4 is 5.32 Å². The van der Waals surface area contributed by atoms with Crippen LogP contribution >= 0.6 is 0 Å². The van der Waals surface area contributed by atoms with Crippen molar-refractivity contribution in [2.45, 2.75) is 52.1 Å². The zero-order valence-corrected chi connectivity index (χ0v) is 13.6. The molecule has 2 unspecified atom stereocenters. The SMILES string of the molecule is CCN(C)C(=O)CNC1C2CCCC1CN(C(C)C)C2. The summed E-state index contributed by atoms with van der Waals surface area (Å²) in [5.74, 6) is 1.67. The maximum Gasteiger partial charge on any atom is 0.236 e. The van der Waals surface area contributed by atoms with E-state index >= 15 is 0 Å². The van der Waals surface area contributed by atoms with Gasteiger partial charge < -0.3 is 15.1 Å². The van der Waals surface area contributed by atoms with Gasteiger partial charge in [-0.15, -0.1) is 0 Å². The van der Waals surface area contributed by atoms with Gasteiger partial charge in [0, 0.05) is 38.8 Å². The Labute approximate surface area is 123 Å². The van der Waals surface area contributed by atoms with Gasteiger partial charge >= 0.3 is 0 Å². The molecular weight excluding hydrogens is 250 g/mol. The van der Waals surface area contributed by atoms with E-state index in [1.54, 1.807) is 4.90 Å². The molecular formula is C16H31N3O. The van der Waals surface area contributed by atoms with Crippen molar-refractivity contribution in [2.24, 2.45) is 11.8 Å². The van der Waals surface area contributed by atoms with Gasteiger partial charge in [-0.25, -0.2) is 0 Å². The molecule has 1 saturated carbocycles. The molecule has 2 fully saturated rings. The molecule has 2 aliphatic rings. The standard InChI is InChI=1S/C16H31N3O/c1-5-18(4)15(20)9-17-16-13-7-6-8-14(16)11-19(10-13)12(2)3/h12-14,16-17H,5-11H2,1-4H3. The second kappa shape index (κ2) is 6.90.